The van der Waals surface area contributed by atoms with E-state index in [1.54, 1.807) is 12.1 Å². The highest BCUT2D eigenvalue weighted by Gasteiger charge is 2.20. The number of carbonyl (C=O) groups excluding carboxylic acids is 1. The molecule has 1 aromatic carbocycles. The molecule has 1 aliphatic carbocycles. The average molecular weight is 234 g/mol. The zero-order valence-electron chi connectivity index (χ0n) is 9.78. The van der Waals surface area contributed by atoms with Gasteiger partial charge in [-0.3, -0.25) is 4.79 Å². The molecule has 0 heterocycles. The van der Waals surface area contributed by atoms with Gasteiger partial charge in [-0.2, -0.15) is 0 Å². The second kappa shape index (κ2) is 5.68. The van der Waals surface area contributed by atoms with Crippen LogP contribution < -0.4 is 10.6 Å². The average Bonchev–Trinajstić information content (AvgIpc) is 3.18. The van der Waals surface area contributed by atoms with Crippen LogP contribution in [0.15, 0.2) is 24.3 Å². The first-order valence-corrected chi connectivity index (χ1v) is 6.02. The molecule has 0 atom stereocenters. The summed E-state index contributed by atoms with van der Waals surface area (Å²) >= 11 is 0. The Morgan fingerprint density at radius 1 is 1.29 bits per heavy atom. The quantitative estimate of drug-likeness (QED) is 0.694. The number of nitrogens with one attached hydrogen (secondary N) is 2. The lowest BCUT2D eigenvalue weighted by atomic mass is 10.2. The number of benzene rings is 1. The van der Waals surface area contributed by atoms with Gasteiger partial charge in [0.2, 0.25) is 0 Å². The van der Waals surface area contributed by atoms with Gasteiger partial charge in [0.15, 0.2) is 0 Å². The van der Waals surface area contributed by atoms with Gasteiger partial charge in [-0.15, -0.1) is 0 Å². The summed E-state index contributed by atoms with van der Waals surface area (Å²) in [4.78, 5) is 11.5. The smallest absolute Gasteiger partial charge is 0.251 e. The van der Waals surface area contributed by atoms with Crippen LogP contribution in [0, 0.1) is 5.92 Å². The molecule has 0 unspecified atom stereocenters. The van der Waals surface area contributed by atoms with E-state index < -0.39 is 0 Å². The topological polar surface area (TPSA) is 61.4 Å². The summed E-state index contributed by atoms with van der Waals surface area (Å²) in [6, 6.07) is 7.41. The number of rotatable bonds is 6. The van der Waals surface area contributed by atoms with Crippen molar-refractivity contribution in [1.29, 1.82) is 0 Å². The number of aliphatic hydroxyl groups is 1. The maximum atomic E-state index is 11.5. The Hall–Kier alpha value is -1.55. The van der Waals surface area contributed by atoms with Gasteiger partial charge in [-0.05, 0) is 43.0 Å². The highest BCUT2D eigenvalue weighted by molar-refractivity contribution is 5.94. The lowest BCUT2D eigenvalue weighted by molar-refractivity contribution is 0.0945. The molecular formula is C13H18N2O2. The fraction of sp³-hybridized carbons (Fsp3) is 0.462. The van der Waals surface area contributed by atoms with E-state index in [9.17, 15) is 4.79 Å². The normalized spacial score (nSPS) is 14.4. The molecule has 92 valence electrons. The monoisotopic (exact) mass is 234 g/mol. The van der Waals surface area contributed by atoms with Crippen LogP contribution in [0.5, 0.6) is 0 Å². The molecule has 0 radical (unpaired) electrons. The zero-order chi connectivity index (χ0) is 12.1. The Bertz CT molecular complexity index is 372. The molecule has 1 aromatic rings. The Balaban J connectivity index is 1.85. The number of aliphatic hydroxyl groups excluding tert-OH is 1. The Morgan fingerprint density at radius 3 is 2.59 bits per heavy atom. The van der Waals surface area contributed by atoms with Gasteiger partial charge in [0.05, 0.1) is 6.61 Å². The highest BCUT2D eigenvalue weighted by Crippen LogP contribution is 2.28. The largest absolute Gasteiger partial charge is 0.395 e. The van der Waals surface area contributed by atoms with Gasteiger partial charge in [0.25, 0.3) is 5.91 Å². The van der Waals surface area contributed by atoms with Crippen LogP contribution in [-0.4, -0.2) is 30.7 Å². The molecule has 4 nitrogen and oxygen atoms in total. The van der Waals surface area contributed by atoms with E-state index >= 15 is 0 Å². The predicted octanol–water partition coefficient (Wildman–Crippen LogP) is 1.23. The molecule has 1 saturated carbocycles. The minimum absolute atomic E-state index is 0.0350. The molecular weight excluding hydrogens is 216 g/mol. The van der Waals surface area contributed by atoms with Gasteiger partial charge in [0, 0.05) is 24.3 Å². The Kier molecular flexibility index (Phi) is 3.98. The standard InChI is InChI=1S/C13H18N2O2/c16-8-7-14-13(17)11-3-5-12(6-4-11)15-9-10-1-2-10/h3-6,10,15-16H,1-2,7-9H2,(H,14,17). The second-order valence-corrected chi connectivity index (χ2v) is 4.38. The van der Waals surface area contributed by atoms with E-state index in [-0.39, 0.29) is 12.5 Å². The molecule has 1 amide bonds. The fourth-order valence-corrected chi connectivity index (χ4v) is 1.60. The van der Waals surface area contributed by atoms with Crippen molar-refractivity contribution in [3.8, 4) is 0 Å². The maximum Gasteiger partial charge on any atom is 0.251 e. The van der Waals surface area contributed by atoms with Crippen molar-refractivity contribution in [1.82, 2.24) is 5.32 Å². The maximum absolute atomic E-state index is 11.5. The Morgan fingerprint density at radius 2 is 2.00 bits per heavy atom. The van der Waals surface area contributed by atoms with Crippen molar-refractivity contribution in [2.24, 2.45) is 5.92 Å². The SMILES string of the molecule is O=C(NCCO)c1ccc(NCC2CC2)cc1. The van der Waals surface area contributed by atoms with E-state index in [0.717, 1.165) is 18.2 Å². The summed E-state index contributed by atoms with van der Waals surface area (Å²) in [7, 11) is 0. The molecule has 4 heteroatoms. The first-order valence-electron chi connectivity index (χ1n) is 6.02. The number of carbonyl (C=O) groups is 1. The van der Waals surface area contributed by atoms with Crippen molar-refractivity contribution in [2.75, 3.05) is 25.0 Å². The molecule has 17 heavy (non-hydrogen) atoms. The molecule has 0 bridgehead atoms. The van der Waals surface area contributed by atoms with Crippen LogP contribution >= 0.6 is 0 Å². The predicted molar refractivity (Wildman–Crippen MR) is 67.1 cm³/mol. The van der Waals surface area contributed by atoms with Crippen molar-refractivity contribution in [3.63, 3.8) is 0 Å². The zero-order valence-corrected chi connectivity index (χ0v) is 9.78. The summed E-state index contributed by atoms with van der Waals surface area (Å²) in [6.07, 6.45) is 2.66. The molecule has 0 saturated heterocycles. The van der Waals surface area contributed by atoms with Crippen molar-refractivity contribution >= 4 is 11.6 Å². The van der Waals surface area contributed by atoms with Crippen LogP contribution in [0.4, 0.5) is 5.69 Å². The summed E-state index contributed by atoms with van der Waals surface area (Å²) in [5.74, 6) is 0.690. The molecule has 2 rings (SSSR count). The van der Waals surface area contributed by atoms with Gasteiger partial charge in [0.1, 0.15) is 0 Å². The van der Waals surface area contributed by atoms with Gasteiger partial charge in [-0.25, -0.2) is 0 Å². The fourth-order valence-electron chi connectivity index (χ4n) is 1.60. The van der Waals surface area contributed by atoms with Gasteiger partial charge >= 0.3 is 0 Å². The third-order valence-corrected chi connectivity index (χ3v) is 2.84. The van der Waals surface area contributed by atoms with Crippen LogP contribution in [0.2, 0.25) is 0 Å². The van der Waals surface area contributed by atoms with Crippen LogP contribution in [0.3, 0.4) is 0 Å². The van der Waals surface area contributed by atoms with E-state index in [1.807, 2.05) is 12.1 Å². The van der Waals surface area contributed by atoms with E-state index in [1.165, 1.54) is 12.8 Å². The number of anilines is 1. The summed E-state index contributed by atoms with van der Waals surface area (Å²) in [5, 5.41) is 14.6. The van der Waals surface area contributed by atoms with E-state index in [0.29, 0.717) is 12.1 Å². The minimum Gasteiger partial charge on any atom is -0.395 e. The van der Waals surface area contributed by atoms with E-state index in [4.69, 9.17) is 5.11 Å². The van der Waals surface area contributed by atoms with Crippen molar-refractivity contribution in [2.45, 2.75) is 12.8 Å². The number of hydrogen-bond acceptors (Lipinski definition) is 3. The minimum atomic E-state index is -0.146. The van der Waals surface area contributed by atoms with Crippen LogP contribution in [-0.2, 0) is 0 Å². The summed E-state index contributed by atoms with van der Waals surface area (Å²) in [6.45, 7) is 1.28. The molecule has 1 aliphatic rings. The van der Waals surface area contributed by atoms with Gasteiger partial charge in [-0.1, -0.05) is 0 Å². The molecule has 3 N–H and O–H groups in total. The highest BCUT2D eigenvalue weighted by atomic mass is 16.3. The summed E-state index contributed by atoms with van der Waals surface area (Å²) < 4.78 is 0. The first-order chi connectivity index (χ1) is 8.29. The van der Waals surface area contributed by atoms with Crippen LogP contribution in [0.1, 0.15) is 23.2 Å². The second-order valence-electron chi connectivity index (χ2n) is 4.38. The first kappa shape index (κ1) is 11.9. The Labute approximate surface area is 101 Å². The third-order valence-electron chi connectivity index (χ3n) is 2.84. The lowest BCUT2D eigenvalue weighted by Gasteiger charge is -2.07. The summed E-state index contributed by atoms with van der Waals surface area (Å²) in [5.41, 5.74) is 1.67. The van der Waals surface area contributed by atoms with Gasteiger partial charge < -0.3 is 15.7 Å². The number of hydrogen-bond donors (Lipinski definition) is 3. The third kappa shape index (κ3) is 3.75. The molecule has 0 aliphatic heterocycles. The lowest BCUT2D eigenvalue weighted by Crippen LogP contribution is -2.26. The van der Waals surface area contributed by atoms with Crippen molar-refractivity contribution < 1.29 is 9.90 Å². The molecule has 0 spiro atoms. The van der Waals surface area contributed by atoms with Crippen LogP contribution in [0.25, 0.3) is 0 Å². The van der Waals surface area contributed by atoms with E-state index in [2.05, 4.69) is 10.6 Å². The van der Waals surface area contributed by atoms with Crippen molar-refractivity contribution in [3.05, 3.63) is 29.8 Å². The molecule has 0 aromatic heterocycles. The molecule has 1 fully saturated rings. The number of amides is 1.